The number of aryl methyl sites for hydroxylation is 1. The summed E-state index contributed by atoms with van der Waals surface area (Å²) in [5.41, 5.74) is 1.50. The molecule has 0 N–H and O–H groups in total. The van der Waals surface area contributed by atoms with Crippen molar-refractivity contribution < 1.29 is 19.1 Å². The first-order valence-corrected chi connectivity index (χ1v) is 8.89. The molecule has 148 valence electrons. The van der Waals surface area contributed by atoms with E-state index in [0.29, 0.717) is 22.2 Å². The molecule has 1 atom stereocenters. The average Bonchev–Trinajstić information content (AvgIpc) is 2.68. The highest BCUT2D eigenvalue weighted by molar-refractivity contribution is 6.39. The highest BCUT2D eigenvalue weighted by atomic mass is 35.5. The lowest BCUT2D eigenvalue weighted by Gasteiger charge is -2.19. The van der Waals surface area contributed by atoms with Crippen molar-refractivity contribution in [1.82, 2.24) is 0 Å². The lowest BCUT2D eigenvalue weighted by Crippen LogP contribution is -2.36. The molecule has 0 heterocycles. The standard InChI is InChI=1S/C19H19Cl2N3O4/c1-11-9-13(20)5-7-15(11)22-23-18(12(2)25)19(26)24(21)16-8-6-14(27-3)10-17(16)28-4/h5-10,18H,1-4H3. The maximum Gasteiger partial charge on any atom is 0.276 e. The summed E-state index contributed by atoms with van der Waals surface area (Å²) in [6, 6.07) is 8.31. The number of hydrogen-bond donors (Lipinski definition) is 0. The van der Waals surface area contributed by atoms with Crippen LogP contribution in [0, 0.1) is 6.92 Å². The fourth-order valence-electron chi connectivity index (χ4n) is 2.33. The summed E-state index contributed by atoms with van der Waals surface area (Å²) in [5.74, 6) is -0.430. The predicted molar refractivity (Wildman–Crippen MR) is 108 cm³/mol. The van der Waals surface area contributed by atoms with E-state index >= 15 is 0 Å². The zero-order valence-corrected chi connectivity index (χ0v) is 17.3. The smallest absolute Gasteiger partial charge is 0.276 e. The Labute approximate surface area is 173 Å². The van der Waals surface area contributed by atoms with E-state index in [1.807, 2.05) is 0 Å². The topological polar surface area (TPSA) is 80.6 Å². The number of rotatable bonds is 7. The lowest BCUT2D eigenvalue weighted by molar-refractivity contribution is -0.126. The number of benzene rings is 2. The van der Waals surface area contributed by atoms with Crippen LogP contribution >= 0.6 is 23.4 Å². The number of methoxy groups -OCH3 is 2. The monoisotopic (exact) mass is 423 g/mol. The van der Waals surface area contributed by atoms with Crippen molar-refractivity contribution in [1.29, 1.82) is 0 Å². The van der Waals surface area contributed by atoms with Crippen molar-refractivity contribution in [2.75, 3.05) is 18.6 Å². The molecule has 0 saturated heterocycles. The van der Waals surface area contributed by atoms with Crippen LogP contribution in [-0.4, -0.2) is 32.0 Å². The summed E-state index contributed by atoms with van der Waals surface area (Å²) in [5, 5.41) is 8.48. The summed E-state index contributed by atoms with van der Waals surface area (Å²) in [6.45, 7) is 3.03. The Hall–Kier alpha value is -2.64. The molecule has 0 aliphatic rings. The van der Waals surface area contributed by atoms with E-state index in [4.69, 9.17) is 32.9 Å². The van der Waals surface area contributed by atoms with Gasteiger partial charge in [0.2, 0.25) is 6.04 Å². The Morgan fingerprint density at radius 2 is 1.82 bits per heavy atom. The van der Waals surface area contributed by atoms with E-state index in [2.05, 4.69) is 10.2 Å². The first-order valence-electron chi connectivity index (χ1n) is 8.17. The normalized spacial score (nSPS) is 11.9. The summed E-state index contributed by atoms with van der Waals surface area (Å²) in [4.78, 5) is 24.8. The van der Waals surface area contributed by atoms with Gasteiger partial charge in [0.25, 0.3) is 5.91 Å². The van der Waals surface area contributed by atoms with Gasteiger partial charge in [-0.15, -0.1) is 0 Å². The zero-order valence-electron chi connectivity index (χ0n) is 15.8. The molecule has 0 saturated carbocycles. The van der Waals surface area contributed by atoms with Crippen molar-refractivity contribution in [2.45, 2.75) is 19.9 Å². The number of ketones is 1. The largest absolute Gasteiger partial charge is 0.497 e. The van der Waals surface area contributed by atoms with Crippen LogP contribution in [0.25, 0.3) is 0 Å². The number of amides is 1. The Morgan fingerprint density at radius 3 is 2.39 bits per heavy atom. The number of Topliss-reactive ketones (excluding diaryl/α,β-unsaturated/α-hetero) is 1. The third-order valence-electron chi connectivity index (χ3n) is 3.85. The van der Waals surface area contributed by atoms with Crippen LogP contribution in [0.1, 0.15) is 12.5 Å². The fraction of sp³-hybridized carbons (Fsp3) is 0.263. The number of halogens is 2. The SMILES string of the molecule is COc1ccc(N(Cl)C(=O)C(N=Nc2ccc(Cl)cc2C)C(C)=O)c(OC)c1. The van der Waals surface area contributed by atoms with Crippen molar-refractivity contribution in [3.8, 4) is 11.5 Å². The van der Waals surface area contributed by atoms with Crippen LogP contribution in [-0.2, 0) is 9.59 Å². The highest BCUT2D eigenvalue weighted by Crippen LogP contribution is 2.34. The maximum absolute atomic E-state index is 12.8. The molecule has 2 aromatic carbocycles. The Kier molecular flexibility index (Phi) is 7.37. The van der Waals surface area contributed by atoms with Crippen molar-refractivity contribution >= 4 is 46.4 Å². The lowest BCUT2D eigenvalue weighted by atomic mass is 10.2. The van der Waals surface area contributed by atoms with Gasteiger partial charge >= 0.3 is 0 Å². The molecule has 0 aromatic heterocycles. The van der Waals surface area contributed by atoms with Gasteiger partial charge in [-0.05, 0) is 49.7 Å². The van der Waals surface area contributed by atoms with Gasteiger partial charge in [-0.3, -0.25) is 9.59 Å². The number of azo groups is 1. The molecular weight excluding hydrogens is 405 g/mol. The summed E-state index contributed by atoms with van der Waals surface area (Å²) >= 11 is 12.1. The molecule has 1 unspecified atom stereocenters. The van der Waals surface area contributed by atoms with E-state index < -0.39 is 17.7 Å². The fourth-order valence-corrected chi connectivity index (χ4v) is 2.79. The van der Waals surface area contributed by atoms with Crippen LogP contribution in [0.5, 0.6) is 11.5 Å². The molecule has 0 aliphatic heterocycles. The summed E-state index contributed by atoms with van der Waals surface area (Å²) in [7, 11) is 2.93. The van der Waals surface area contributed by atoms with Crippen LogP contribution in [0.2, 0.25) is 5.02 Å². The van der Waals surface area contributed by atoms with Gasteiger partial charge in [0.15, 0.2) is 5.78 Å². The molecular formula is C19H19Cl2N3O4. The van der Waals surface area contributed by atoms with Crippen molar-refractivity contribution in [3.63, 3.8) is 0 Å². The van der Waals surface area contributed by atoms with Crippen molar-refractivity contribution in [3.05, 3.63) is 47.0 Å². The van der Waals surface area contributed by atoms with E-state index in [1.165, 1.54) is 21.1 Å². The maximum atomic E-state index is 12.8. The molecule has 2 rings (SSSR count). The molecule has 9 heteroatoms. The quantitative estimate of drug-likeness (QED) is 0.360. The van der Waals surface area contributed by atoms with Gasteiger partial charge in [-0.2, -0.15) is 10.2 Å². The minimum atomic E-state index is -1.40. The molecule has 7 nitrogen and oxygen atoms in total. The van der Waals surface area contributed by atoms with Crippen molar-refractivity contribution in [2.24, 2.45) is 10.2 Å². The number of nitrogens with zero attached hydrogens (tertiary/aromatic N) is 3. The molecule has 0 spiro atoms. The number of anilines is 1. The van der Waals surface area contributed by atoms with Gasteiger partial charge in [0, 0.05) is 22.9 Å². The first-order chi connectivity index (χ1) is 13.3. The Bertz CT molecular complexity index is 918. The second-order valence-electron chi connectivity index (χ2n) is 5.82. The van der Waals surface area contributed by atoms with Gasteiger partial charge in [-0.1, -0.05) is 11.6 Å². The number of ether oxygens (including phenoxy) is 2. The highest BCUT2D eigenvalue weighted by Gasteiger charge is 2.30. The molecule has 0 radical (unpaired) electrons. The molecule has 28 heavy (non-hydrogen) atoms. The molecule has 0 aliphatic carbocycles. The van der Waals surface area contributed by atoms with Crippen LogP contribution < -0.4 is 13.9 Å². The minimum Gasteiger partial charge on any atom is -0.497 e. The van der Waals surface area contributed by atoms with Crippen LogP contribution in [0.3, 0.4) is 0 Å². The van der Waals surface area contributed by atoms with Crippen LogP contribution in [0.15, 0.2) is 46.6 Å². The van der Waals surface area contributed by atoms with Gasteiger partial charge in [0.1, 0.15) is 17.2 Å². The Balaban J connectivity index is 2.32. The van der Waals surface area contributed by atoms with Crippen LogP contribution in [0.4, 0.5) is 11.4 Å². The molecule has 2 aromatic rings. The second-order valence-corrected chi connectivity index (χ2v) is 6.59. The number of hydrogen-bond acceptors (Lipinski definition) is 6. The average molecular weight is 424 g/mol. The molecule has 1 amide bonds. The first kappa shape index (κ1) is 21.7. The van der Waals surface area contributed by atoms with E-state index in [1.54, 1.807) is 43.3 Å². The minimum absolute atomic E-state index is 0.249. The zero-order chi connectivity index (χ0) is 20.8. The summed E-state index contributed by atoms with van der Waals surface area (Å²) in [6.07, 6.45) is 0. The molecule has 0 fully saturated rings. The van der Waals surface area contributed by atoms with E-state index in [0.717, 1.165) is 9.98 Å². The summed E-state index contributed by atoms with van der Waals surface area (Å²) < 4.78 is 11.2. The van der Waals surface area contributed by atoms with E-state index in [-0.39, 0.29) is 5.69 Å². The molecule has 0 bridgehead atoms. The van der Waals surface area contributed by atoms with E-state index in [9.17, 15) is 9.59 Å². The van der Waals surface area contributed by atoms with Gasteiger partial charge < -0.3 is 9.47 Å². The van der Waals surface area contributed by atoms with Gasteiger partial charge in [0.05, 0.1) is 19.9 Å². The Morgan fingerprint density at radius 1 is 1.11 bits per heavy atom. The number of carbonyl (C=O) groups excluding carboxylic acids is 2. The van der Waals surface area contributed by atoms with Gasteiger partial charge in [-0.25, -0.2) is 4.42 Å². The predicted octanol–water partition coefficient (Wildman–Crippen LogP) is 4.89. The third kappa shape index (κ3) is 4.99. The number of carbonyl (C=O) groups is 2. The second kappa shape index (κ2) is 9.52. The third-order valence-corrected chi connectivity index (χ3v) is 4.43.